The third kappa shape index (κ3) is 4.83. The number of nitrogens with one attached hydrogen (secondary N) is 1. The molecular formula is C17H19NO2S. The average Bonchev–Trinajstić information content (AvgIpc) is 2.50. The minimum atomic E-state index is 0.0248. The molecule has 2 aromatic carbocycles. The fourth-order valence-corrected chi connectivity index (χ4v) is 2.26. The normalized spacial score (nSPS) is 10.2. The van der Waals surface area contributed by atoms with Gasteiger partial charge in [-0.25, -0.2) is 0 Å². The maximum absolute atomic E-state index is 11.9. The Labute approximate surface area is 130 Å². The molecule has 0 unspecified atom stereocenters. The van der Waals surface area contributed by atoms with E-state index in [0.717, 1.165) is 28.2 Å². The molecule has 0 radical (unpaired) electrons. The molecule has 0 aromatic heterocycles. The van der Waals surface area contributed by atoms with Crippen molar-refractivity contribution in [3.05, 3.63) is 59.7 Å². The molecule has 21 heavy (non-hydrogen) atoms. The number of amides is 1. The number of ether oxygens (including phenoxy) is 1. The van der Waals surface area contributed by atoms with Crippen molar-refractivity contribution in [1.29, 1.82) is 0 Å². The largest absolute Gasteiger partial charge is 0.496 e. The van der Waals surface area contributed by atoms with E-state index >= 15 is 0 Å². The van der Waals surface area contributed by atoms with Crippen molar-refractivity contribution in [2.75, 3.05) is 13.7 Å². The molecule has 0 atom stereocenters. The molecule has 0 fully saturated rings. The van der Waals surface area contributed by atoms with E-state index in [2.05, 4.69) is 17.9 Å². The molecule has 1 N–H and O–H groups in total. The summed E-state index contributed by atoms with van der Waals surface area (Å²) in [6.07, 6.45) is 1.14. The van der Waals surface area contributed by atoms with Gasteiger partial charge in [0.05, 0.1) is 13.5 Å². The first kappa shape index (κ1) is 15.4. The lowest BCUT2D eigenvalue weighted by Crippen LogP contribution is -2.27. The fraction of sp³-hybridized carbons (Fsp3) is 0.235. The van der Waals surface area contributed by atoms with Gasteiger partial charge in [0.25, 0.3) is 0 Å². The van der Waals surface area contributed by atoms with Crippen LogP contribution in [-0.4, -0.2) is 19.6 Å². The summed E-state index contributed by atoms with van der Waals surface area (Å²) in [4.78, 5) is 12.8. The van der Waals surface area contributed by atoms with Gasteiger partial charge in [-0.2, -0.15) is 0 Å². The van der Waals surface area contributed by atoms with Gasteiger partial charge < -0.3 is 10.1 Å². The molecule has 0 aliphatic carbocycles. The van der Waals surface area contributed by atoms with E-state index in [0.29, 0.717) is 13.0 Å². The number of para-hydroxylation sites is 1. The van der Waals surface area contributed by atoms with E-state index < -0.39 is 0 Å². The molecule has 2 rings (SSSR count). The highest BCUT2D eigenvalue weighted by molar-refractivity contribution is 7.80. The fourth-order valence-electron chi connectivity index (χ4n) is 2.11. The lowest BCUT2D eigenvalue weighted by Gasteiger charge is -2.09. The molecule has 2 aromatic rings. The van der Waals surface area contributed by atoms with E-state index in [1.807, 2.05) is 48.5 Å². The zero-order chi connectivity index (χ0) is 15.1. The van der Waals surface area contributed by atoms with Crippen molar-refractivity contribution in [1.82, 2.24) is 5.32 Å². The van der Waals surface area contributed by atoms with Gasteiger partial charge in [-0.15, -0.1) is 12.6 Å². The Kier molecular flexibility index (Phi) is 5.69. The topological polar surface area (TPSA) is 38.3 Å². The Morgan fingerprint density at radius 2 is 1.86 bits per heavy atom. The molecule has 4 heteroatoms. The summed E-state index contributed by atoms with van der Waals surface area (Å²) in [6, 6.07) is 15.5. The van der Waals surface area contributed by atoms with Gasteiger partial charge in [-0.1, -0.05) is 30.3 Å². The van der Waals surface area contributed by atoms with E-state index in [9.17, 15) is 4.79 Å². The molecular weight excluding hydrogens is 282 g/mol. The summed E-state index contributed by atoms with van der Waals surface area (Å²) >= 11 is 4.23. The maximum Gasteiger partial charge on any atom is 0.224 e. The molecule has 3 nitrogen and oxygen atoms in total. The lowest BCUT2D eigenvalue weighted by atomic mass is 10.1. The molecule has 0 aliphatic heterocycles. The summed E-state index contributed by atoms with van der Waals surface area (Å²) < 4.78 is 5.29. The highest BCUT2D eigenvalue weighted by atomic mass is 32.1. The summed E-state index contributed by atoms with van der Waals surface area (Å²) in [5.74, 6) is 0.882. The van der Waals surface area contributed by atoms with Crippen molar-refractivity contribution in [3.63, 3.8) is 0 Å². The van der Waals surface area contributed by atoms with Gasteiger partial charge in [0.1, 0.15) is 5.75 Å². The van der Waals surface area contributed by atoms with Crippen LogP contribution in [0.2, 0.25) is 0 Å². The minimum Gasteiger partial charge on any atom is -0.496 e. The first-order valence-electron chi connectivity index (χ1n) is 6.85. The van der Waals surface area contributed by atoms with Gasteiger partial charge in [0.15, 0.2) is 0 Å². The van der Waals surface area contributed by atoms with Crippen LogP contribution in [0.4, 0.5) is 0 Å². The highest BCUT2D eigenvalue weighted by Gasteiger charge is 2.05. The van der Waals surface area contributed by atoms with Crippen LogP contribution >= 0.6 is 12.6 Å². The number of rotatable bonds is 6. The Bertz CT molecular complexity index is 596. The Hall–Kier alpha value is -1.94. The smallest absolute Gasteiger partial charge is 0.224 e. The highest BCUT2D eigenvalue weighted by Crippen LogP contribution is 2.17. The second kappa shape index (κ2) is 7.74. The van der Waals surface area contributed by atoms with E-state index in [4.69, 9.17) is 4.74 Å². The Morgan fingerprint density at radius 1 is 1.14 bits per heavy atom. The van der Waals surface area contributed by atoms with Crippen LogP contribution in [0, 0.1) is 0 Å². The molecule has 0 bridgehead atoms. The summed E-state index contributed by atoms with van der Waals surface area (Å²) in [5.41, 5.74) is 2.09. The molecule has 0 aliphatic rings. The van der Waals surface area contributed by atoms with Crippen molar-refractivity contribution >= 4 is 18.5 Å². The van der Waals surface area contributed by atoms with E-state index in [-0.39, 0.29) is 5.91 Å². The maximum atomic E-state index is 11.9. The molecule has 110 valence electrons. The van der Waals surface area contributed by atoms with Crippen molar-refractivity contribution in [3.8, 4) is 5.75 Å². The standard InChI is InChI=1S/C17H19NO2S/c1-20-16-5-3-2-4-14(16)10-11-18-17(19)12-13-6-8-15(21)9-7-13/h2-9,21H,10-12H2,1H3,(H,18,19). The Morgan fingerprint density at radius 3 is 2.57 bits per heavy atom. The summed E-state index contributed by atoms with van der Waals surface area (Å²) in [7, 11) is 1.66. The van der Waals surface area contributed by atoms with Crippen LogP contribution < -0.4 is 10.1 Å². The monoisotopic (exact) mass is 301 g/mol. The first-order chi connectivity index (χ1) is 10.2. The number of carbonyl (C=O) groups excluding carboxylic acids is 1. The zero-order valence-corrected chi connectivity index (χ0v) is 12.9. The minimum absolute atomic E-state index is 0.0248. The second-order valence-electron chi connectivity index (χ2n) is 4.76. The van der Waals surface area contributed by atoms with Crippen molar-refractivity contribution in [2.45, 2.75) is 17.7 Å². The number of hydrogen-bond acceptors (Lipinski definition) is 3. The summed E-state index contributed by atoms with van der Waals surface area (Å²) in [6.45, 7) is 0.601. The lowest BCUT2D eigenvalue weighted by molar-refractivity contribution is -0.120. The molecule has 0 heterocycles. The van der Waals surface area contributed by atoms with Crippen LogP contribution in [0.25, 0.3) is 0 Å². The second-order valence-corrected chi connectivity index (χ2v) is 5.27. The predicted molar refractivity (Wildman–Crippen MR) is 87.1 cm³/mol. The van der Waals surface area contributed by atoms with Gasteiger partial charge in [0.2, 0.25) is 5.91 Å². The summed E-state index contributed by atoms with van der Waals surface area (Å²) in [5, 5.41) is 2.93. The number of thiol groups is 1. The number of methoxy groups -OCH3 is 1. The van der Waals surface area contributed by atoms with Gasteiger partial charge >= 0.3 is 0 Å². The third-order valence-corrected chi connectivity index (χ3v) is 3.51. The van der Waals surface area contributed by atoms with Crippen LogP contribution in [0.15, 0.2) is 53.4 Å². The van der Waals surface area contributed by atoms with Crippen molar-refractivity contribution in [2.24, 2.45) is 0 Å². The van der Waals surface area contributed by atoms with Crippen molar-refractivity contribution < 1.29 is 9.53 Å². The van der Waals surface area contributed by atoms with Crippen LogP contribution in [0.1, 0.15) is 11.1 Å². The Balaban J connectivity index is 1.80. The van der Waals surface area contributed by atoms with Crippen LogP contribution in [0.3, 0.4) is 0 Å². The van der Waals surface area contributed by atoms with E-state index in [1.54, 1.807) is 7.11 Å². The predicted octanol–water partition coefficient (Wildman–Crippen LogP) is 2.89. The quantitative estimate of drug-likeness (QED) is 0.805. The average molecular weight is 301 g/mol. The third-order valence-electron chi connectivity index (χ3n) is 3.21. The molecule has 0 saturated carbocycles. The van der Waals surface area contributed by atoms with Gasteiger partial charge in [-0.05, 0) is 35.7 Å². The molecule has 0 spiro atoms. The van der Waals surface area contributed by atoms with Gasteiger partial charge in [0, 0.05) is 11.4 Å². The molecule has 1 amide bonds. The van der Waals surface area contributed by atoms with Crippen LogP contribution in [0.5, 0.6) is 5.75 Å². The van der Waals surface area contributed by atoms with Gasteiger partial charge in [-0.3, -0.25) is 4.79 Å². The number of benzene rings is 2. The van der Waals surface area contributed by atoms with Crippen LogP contribution in [-0.2, 0) is 17.6 Å². The zero-order valence-electron chi connectivity index (χ0n) is 12.0. The first-order valence-corrected chi connectivity index (χ1v) is 7.30. The number of hydrogen-bond donors (Lipinski definition) is 2. The van der Waals surface area contributed by atoms with E-state index in [1.165, 1.54) is 0 Å². The number of carbonyl (C=O) groups is 1. The SMILES string of the molecule is COc1ccccc1CCNC(=O)Cc1ccc(S)cc1. The molecule has 0 saturated heterocycles.